The Morgan fingerprint density at radius 3 is 2.46 bits per heavy atom. The summed E-state index contributed by atoms with van der Waals surface area (Å²) in [4.78, 5) is 17.6. The van der Waals surface area contributed by atoms with Crippen LogP contribution >= 0.6 is 24.8 Å². The molecule has 1 saturated carbocycles. The van der Waals surface area contributed by atoms with Gasteiger partial charge in [0.2, 0.25) is 5.91 Å². The molecule has 3 heterocycles. The van der Waals surface area contributed by atoms with Crippen molar-refractivity contribution in [1.82, 2.24) is 15.1 Å². The lowest BCUT2D eigenvalue weighted by molar-refractivity contribution is -0.132. The van der Waals surface area contributed by atoms with Crippen LogP contribution in [0.1, 0.15) is 26.2 Å². The van der Waals surface area contributed by atoms with Crippen LogP contribution in [0.3, 0.4) is 0 Å². The minimum absolute atomic E-state index is 0. The summed E-state index contributed by atoms with van der Waals surface area (Å²) in [5.74, 6) is 1.36. The van der Waals surface area contributed by atoms with Crippen LogP contribution in [0.5, 0.6) is 0 Å². The smallest absolute Gasteiger partial charge is 0.226 e. The second-order valence-electron chi connectivity index (χ2n) is 7.81. The predicted octanol–water partition coefficient (Wildman–Crippen LogP) is 1.40. The number of nitrogens with one attached hydrogen (secondary N) is 1. The van der Waals surface area contributed by atoms with Crippen LogP contribution in [0, 0.1) is 17.3 Å². The number of piperidine rings is 1. The molecule has 140 valence electrons. The fourth-order valence-corrected chi connectivity index (χ4v) is 4.91. The van der Waals surface area contributed by atoms with Gasteiger partial charge in [-0.3, -0.25) is 9.69 Å². The van der Waals surface area contributed by atoms with Crippen molar-refractivity contribution in [2.24, 2.45) is 17.3 Å². The van der Waals surface area contributed by atoms with Gasteiger partial charge in [0.05, 0.1) is 13.2 Å². The van der Waals surface area contributed by atoms with E-state index in [0.29, 0.717) is 29.2 Å². The highest BCUT2D eigenvalue weighted by molar-refractivity contribution is 5.85. The maximum absolute atomic E-state index is 12.9. The van der Waals surface area contributed by atoms with Gasteiger partial charge in [0, 0.05) is 38.1 Å². The normalized spacial score (nSPS) is 35.2. The molecule has 3 aliphatic heterocycles. The first-order chi connectivity index (χ1) is 10.7. The molecule has 3 atom stereocenters. The van der Waals surface area contributed by atoms with Crippen LogP contribution in [-0.4, -0.2) is 74.2 Å². The van der Waals surface area contributed by atoms with E-state index in [1.54, 1.807) is 0 Å². The summed E-state index contributed by atoms with van der Waals surface area (Å²) >= 11 is 0. The molecule has 1 aliphatic carbocycles. The molecule has 0 aromatic carbocycles. The van der Waals surface area contributed by atoms with E-state index in [9.17, 15) is 4.79 Å². The zero-order chi connectivity index (χ0) is 15.2. The highest BCUT2D eigenvalue weighted by atomic mass is 35.5. The molecule has 0 radical (unpaired) electrons. The summed E-state index contributed by atoms with van der Waals surface area (Å²) in [5, 5.41) is 3.42. The van der Waals surface area contributed by atoms with E-state index in [1.165, 1.54) is 12.8 Å². The summed E-state index contributed by atoms with van der Waals surface area (Å²) in [6.45, 7) is 10.1. The van der Waals surface area contributed by atoms with E-state index in [2.05, 4.69) is 22.0 Å². The maximum atomic E-state index is 12.9. The number of halogens is 2. The lowest BCUT2D eigenvalue weighted by atomic mass is 9.91. The fourth-order valence-electron chi connectivity index (χ4n) is 4.91. The Morgan fingerprint density at radius 1 is 1.12 bits per heavy atom. The molecule has 0 bridgehead atoms. The van der Waals surface area contributed by atoms with Crippen molar-refractivity contribution in [1.29, 1.82) is 0 Å². The van der Waals surface area contributed by atoms with E-state index >= 15 is 0 Å². The highest BCUT2D eigenvalue weighted by Gasteiger charge is 2.59. The number of ether oxygens (including phenoxy) is 1. The first-order valence-electron chi connectivity index (χ1n) is 9.01. The third kappa shape index (κ3) is 3.70. The summed E-state index contributed by atoms with van der Waals surface area (Å²) in [6.07, 6.45) is 3.53. The van der Waals surface area contributed by atoms with Gasteiger partial charge < -0.3 is 15.0 Å². The summed E-state index contributed by atoms with van der Waals surface area (Å²) in [7, 11) is 0. The maximum Gasteiger partial charge on any atom is 0.226 e. The van der Waals surface area contributed by atoms with Crippen LogP contribution in [0.2, 0.25) is 0 Å². The second kappa shape index (κ2) is 8.09. The lowest BCUT2D eigenvalue weighted by Crippen LogP contribution is -2.47. The average Bonchev–Trinajstić information content (AvgIpc) is 3.09. The van der Waals surface area contributed by atoms with Gasteiger partial charge in [0.15, 0.2) is 0 Å². The van der Waals surface area contributed by atoms with Gasteiger partial charge in [-0.15, -0.1) is 24.8 Å². The van der Waals surface area contributed by atoms with E-state index in [4.69, 9.17) is 4.74 Å². The predicted molar refractivity (Wildman–Crippen MR) is 99.1 cm³/mol. The third-order valence-electron chi connectivity index (χ3n) is 6.49. The zero-order valence-corrected chi connectivity index (χ0v) is 16.2. The number of amides is 1. The molecule has 0 aromatic rings. The van der Waals surface area contributed by atoms with Gasteiger partial charge >= 0.3 is 0 Å². The third-order valence-corrected chi connectivity index (χ3v) is 6.49. The minimum Gasteiger partial charge on any atom is -0.379 e. The van der Waals surface area contributed by atoms with Crippen molar-refractivity contribution in [2.75, 3.05) is 52.5 Å². The molecule has 3 saturated heterocycles. The van der Waals surface area contributed by atoms with Gasteiger partial charge in [-0.2, -0.15) is 0 Å². The van der Waals surface area contributed by atoms with Crippen molar-refractivity contribution in [3.05, 3.63) is 0 Å². The number of carbonyl (C=O) groups is 1. The molecule has 1 N–H and O–H groups in total. The molecule has 7 heteroatoms. The van der Waals surface area contributed by atoms with Crippen LogP contribution in [0.4, 0.5) is 0 Å². The molecule has 1 amide bonds. The molecule has 4 aliphatic rings. The number of likely N-dealkylation sites (tertiary alicyclic amines) is 1. The van der Waals surface area contributed by atoms with Gasteiger partial charge in [-0.05, 0) is 43.7 Å². The first-order valence-corrected chi connectivity index (χ1v) is 9.01. The Labute approximate surface area is 157 Å². The van der Waals surface area contributed by atoms with Gasteiger partial charge in [-0.1, -0.05) is 6.92 Å². The molecule has 3 unspecified atom stereocenters. The van der Waals surface area contributed by atoms with Crippen molar-refractivity contribution in [3.63, 3.8) is 0 Å². The van der Waals surface area contributed by atoms with E-state index in [1.807, 2.05) is 0 Å². The standard InChI is InChI=1S/C17H29N3O2.2ClH/c1-13-11-20(12-15(13)19-6-8-22-9-7-19)16(21)14-10-17(14)2-4-18-5-3-17;;/h13-15,18H,2-12H2,1H3;2*1H. The van der Waals surface area contributed by atoms with Crippen LogP contribution in [0.15, 0.2) is 0 Å². The summed E-state index contributed by atoms with van der Waals surface area (Å²) in [6, 6.07) is 0.538. The fraction of sp³-hybridized carbons (Fsp3) is 0.941. The molecular formula is C17H31Cl2N3O2. The van der Waals surface area contributed by atoms with Crippen molar-refractivity contribution in [2.45, 2.75) is 32.2 Å². The summed E-state index contributed by atoms with van der Waals surface area (Å²) in [5.41, 5.74) is 0.364. The monoisotopic (exact) mass is 379 g/mol. The van der Waals surface area contributed by atoms with Crippen molar-refractivity contribution >= 4 is 30.7 Å². The molecule has 5 nitrogen and oxygen atoms in total. The van der Waals surface area contributed by atoms with Crippen molar-refractivity contribution < 1.29 is 9.53 Å². The molecule has 4 rings (SSSR count). The van der Waals surface area contributed by atoms with Gasteiger partial charge in [-0.25, -0.2) is 0 Å². The Hall–Kier alpha value is -0.0700. The number of nitrogens with zero attached hydrogens (tertiary/aromatic N) is 2. The lowest BCUT2D eigenvalue weighted by Gasteiger charge is -2.34. The van der Waals surface area contributed by atoms with Crippen LogP contribution in [-0.2, 0) is 9.53 Å². The van der Waals surface area contributed by atoms with Gasteiger partial charge in [0.25, 0.3) is 0 Å². The number of rotatable bonds is 2. The largest absolute Gasteiger partial charge is 0.379 e. The molecule has 0 aromatic heterocycles. The Bertz CT molecular complexity index is 440. The quantitative estimate of drug-likeness (QED) is 0.787. The number of hydrogen-bond donors (Lipinski definition) is 1. The minimum atomic E-state index is 0. The Kier molecular flexibility index (Phi) is 6.82. The number of morpholine rings is 1. The Balaban J connectivity index is 0.00000104. The average molecular weight is 380 g/mol. The zero-order valence-electron chi connectivity index (χ0n) is 14.5. The van der Waals surface area contributed by atoms with E-state index in [0.717, 1.165) is 58.9 Å². The Morgan fingerprint density at radius 2 is 1.79 bits per heavy atom. The SMILES string of the molecule is CC1CN(C(=O)C2CC23CCNCC3)CC1N1CCOCC1.Cl.Cl. The van der Waals surface area contributed by atoms with Crippen molar-refractivity contribution in [3.8, 4) is 0 Å². The van der Waals surface area contributed by atoms with E-state index < -0.39 is 0 Å². The van der Waals surface area contributed by atoms with E-state index in [-0.39, 0.29) is 24.8 Å². The topological polar surface area (TPSA) is 44.8 Å². The number of hydrogen-bond acceptors (Lipinski definition) is 4. The van der Waals surface area contributed by atoms with Crippen LogP contribution in [0.25, 0.3) is 0 Å². The number of carbonyl (C=O) groups excluding carboxylic acids is 1. The van der Waals surface area contributed by atoms with Gasteiger partial charge in [0.1, 0.15) is 0 Å². The summed E-state index contributed by atoms with van der Waals surface area (Å²) < 4.78 is 5.46. The molecule has 4 fully saturated rings. The molecular weight excluding hydrogens is 349 g/mol. The molecule has 24 heavy (non-hydrogen) atoms. The first kappa shape index (κ1) is 20.2. The van der Waals surface area contributed by atoms with Crippen LogP contribution < -0.4 is 5.32 Å². The second-order valence-corrected chi connectivity index (χ2v) is 7.81. The molecule has 1 spiro atoms. The highest BCUT2D eigenvalue weighted by Crippen LogP contribution is 2.59.